The monoisotopic (exact) mass is 151 g/mol. The van der Waals surface area contributed by atoms with E-state index in [-0.39, 0.29) is 36.9 Å². The van der Waals surface area contributed by atoms with Gasteiger partial charge in [0.05, 0.1) is 0 Å². The Morgan fingerprint density at radius 2 is 2.40 bits per heavy atom. The molecule has 0 heterocycles. The van der Waals surface area contributed by atoms with Gasteiger partial charge in [-0.05, 0) is 12.5 Å². The van der Waals surface area contributed by atoms with Gasteiger partial charge in [-0.15, -0.1) is 0 Å². The summed E-state index contributed by atoms with van der Waals surface area (Å²) in [7, 11) is 0. The van der Waals surface area contributed by atoms with E-state index >= 15 is 0 Å². The molecular formula is C7H14NNaO. The average molecular weight is 151 g/mol. The van der Waals surface area contributed by atoms with Crippen LogP contribution in [0.3, 0.4) is 0 Å². The predicted molar refractivity (Wildman–Crippen MR) is 39.2 cm³/mol. The molecule has 0 saturated carbocycles. The van der Waals surface area contributed by atoms with Crippen LogP contribution in [0.2, 0.25) is 0 Å². The number of hydrogen-bond donors (Lipinski definition) is 1. The normalized spacial score (nSPS) is 7.70. The van der Waals surface area contributed by atoms with Gasteiger partial charge in [-0.25, -0.2) is 0 Å². The second-order valence-electron chi connectivity index (χ2n) is 1.85. The van der Waals surface area contributed by atoms with Crippen molar-refractivity contribution in [2.24, 2.45) is 0 Å². The fourth-order valence-electron chi connectivity index (χ4n) is 0.461. The molecule has 0 bridgehead atoms. The van der Waals surface area contributed by atoms with Crippen LogP contribution in [0.1, 0.15) is 21.2 Å². The molecule has 0 rings (SSSR count). The number of unbranched alkanes of at least 4 members (excludes halogenated alkanes) is 1. The molecule has 3 heteroatoms. The quantitative estimate of drug-likeness (QED) is 0.287. The van der Waals surface area contributed by atoms with Crippen LogP contribution in [-0.2, 0) is 4.79 Å². The molecule has 0 aliphatic rings. The van der Waals surface area contributed by atoms with E-state index in [0.29, 0.717) is 0 Å². The van der Waals surface area contributed by atoms with Crippen LogP contribution >= 0.6 is 0 Å². The van der Waals surface area contributed by atoms with Crippen LogP contribution in [0, 0.1) is 0 Å². The van der Waals surface area contributed by atoms with Crippen LogP contribution in [0.5, 0.6) is 0 Å². The number of hydrogen-bond acceptors (Lipinski definition) is 1. The third-order valence-corrected chi connectivity index (χ3v) is 1.01. The molecular weight excluding hydrogens is 137 g/mol. The molecule has 0 aromatic rings. The average Bonchev–Trinajstić information content (AvgIpc) is 1.89. The fourth-order valence-corrected chi connectivity index (χ4v) is 0.461. The van der Waals surface area contributed by atoms with Gasteiger partial charge in [-0.2, -0.15) is 0 Å². The summed E-state index contributed by atoms with van der Waals surface area (Å²) in [5, 5.41) is 2.68. The Morgan fingerprint density at radius 3 is 2.80 bits per heavy atom. The minimum Gasteiger partial charge on any atom is -1.00 e. The molecule has 0 spiro atoms. The van der Waals surface area contributed by atoms with Crippen LogP contribution in [-0.4, -0.2) is 12.5 Å². The minimum atomic E-state index is -0.0801. The van der Waals surface area contributed by atoms with E-state index in [9.17, 15) is 4.79 Å². The van der Waals surface area contributed by atoms with E-state index in [1.807, 2.05) is 0 Å². The number of carbonyl (C=O) groups is 1. The summed E-state index contributed by atoms with van der Waals surface area (Å²) in [6, 6.07) is 0. The van der Waals surface area contributed by atoms with Crippen LogP contribution < -0.4 is 34.9 Å². The van der Waals surface area contributed by atoms with Gasteiger partial charge in [-0.3, -0.25) is 4.79 Å². The minimum absolute atomic E-state index is 0. The third-order valence-electron chi connectivity index (χ3n) is 1.01. The molecule has 0 radical (unpaired) electrons. The van der Waals surface area contributed by atoms with Gasteiger partial charge in [0.1, 0.15) is 0 Å². The van der Waals surface area contributed by atoms with Gasteiger partial charge < -0.3 is 6.74 Å². The molecule has 0 atom stereocenters. The Balaban J connectivity index is -0.000000320. The molecule has 54 valence electrons. The molecule has 0 fully saturated rings. The topological polar surface area (TPSA) is 29.1 Å². The zero-order valence-corrected chi connectivity index (χ0v) is 8.81. The van der Waals surface area contributed by atoms with Crippen molar-refractivity contribution in [1.82, 2.24) is 5.32 Å². The van der Waals surface area contributed by atoms with Gasteiger partial charge >= 0.3 is 29.6 Å². The molecule has 0 unspecified atom stereocenters. The summed E-state index contributed by atoms with van der Waals surface area (Å²) in [4.78, 5) is 10.5. The van der Waals surface area contributed by atoms with Crippen molar-refractivity contribution in [2.45, 2.75) is 19.8 Å². The Morgan fingerprint density at radius 1 is 1.80 bits per heavy atom. The Kier molecular flexibility index (Phi) is 11.8. The van der Waals surface area contributed by atoms with Gasteiger partial charge in [0.15, 0.2) is 0 Å². The summed E-state index contributed by atoms with van der Waals surface area (Å²) < 4.78 is 0. The summed E-state index contributed by atoms with van der Waals surface area (Å²) in [6.45, 7) is 6.18. The van der Waals surface area contributed by atoms with Gasteiger partial charge in [-0.1, -0.05) is 19.9 Å². The molecule has 0 aromatic carbocycles. The summed E-state index contributed by atoms with van der Waals surface area (Å²) in [5.74, 6) is -0.0801. The Bertz CT molecular complexity index is 109. The summed E-state index contributed by atoms with van der Waals surface area (Å²) >= 11 is 0. The zero-order chi connectivity index (χ0) is 7.11. The van der Waals surface area contributed by atoms with E-state index in [0.717, 1.165) is 19.4 Å². The van der Waals surface area contributed by atoms with E-state index in [1.54, 1.807) is 0 Å². The van der Waals surface area contributed by atoms with Gasteiger partial charge in [0, 0.05) is 6.54 Å². The van der Waals surface area contributed by atoms with Crippen LogP contribution in [0.15, 0.2) is 12.7 Å². The first kappa shape index (κ1) is 12.8. The maximum atomic E-state index is 10.5. The van der Waals surface area contributed by atoms with Crippen molar-refractivity contribution in [3.63, 3.8) is 0 Å². The number of rotatable bonds is 4. The molecule has 0 aromatic heterocycles. The second-order valence-corrected chi connectivity index (χ2v) is 1.85. The maximum Gasteiger partial charge on any atom is 1.00 e. The zero-order valence-electron chi connectivity index (χ0n) is 7.81. The predicted octanol–water partition coefficient (Wildman–Crippen LogP) is -1.79. The van der Waals surface area contributed by atoms with Crippen molar-refractivity contribution in [3.8, 4) is 0 Å². The number of amides is 1. The van der Waals surface area contributed by atoms with Crippen molar-refractivity contribution < 1.29 is 35.8 Å². The first-order valence-corrected chi connectivity index (χ1v) is 3.21. The van der Waals surface area contributed by atoms with E-state index in [1.165, 1.54) is 6.08 Å². The van der Waals surface area contributed by atoms with E-state index in [2.05, 4.69) is 18.8 Å². The van der Waals surface area contributed by atoms with Crippen LogP contribution in [0.25, 0.3) is 0 Å². The largest absolute Gasteiger partial charge is 1.00 e. The number of nitrogens with one attached hydrogen (secondary N) is 1. The molecule has 1 N–H and O–H groups in total. The first-order valence-electron chi connectivity index (χ1n) is 3.21. The molecule has 0 aliphatic heterocycles. The Labute approximate surface area is 85.8 Å². The summed E-state index contributed by atoms with van der Waals surface area (Å²) in [6.07, 6.45) is 3.44. The smallest absolute Gasteiger partial charge is 1.00 e. The maximum absolute atomic E-state index is 10.5. The summed E-state index contributed by atoms with van der Waals surface area (Å²) in [5.41, 5.74) is 0. The van der Waals surface area contributed by atoms with Crippen molar-refractivity contribution in [2.75, 3.05) is 6.54 Å². The first-order chi connectivity index (χ1) is 4.31. The van der Waals surface area contributed by atoms with Crippen molar-refractivity contribution in [1.29, 1.82) is 0 Å². The van der Waals surface area contributed by atoms with Crippen molar-refractivity contribution in [3.05, 3.63) is 12.7 Å². The van der Waals surface area contributed by atoms with E-state index < -0.39 is 0 Å². The fraction of sp³-hybridized carbons (Fsp3) is 0.571. The van der Waals surface area contributed by atoms with Crippen molar-refractivity contribution >= 4 is 5.91 Å². The standard InChI is InChI=1S/C7H13NO.Na.H/c1-3-5-6-8-7(9)4-2;;/h4H,2-3,5-6H2,1H3,(H,8,9);;/q;+1;-1. The molecule has 10 heavy (non-hydrogen) atoms. The molecule has 0 saturated heterocycles. The van der Waals surface area contributed by atoms with Gasteiger partial charge in [0.2, 0.25) is 5.91 Å². The number of carbonyl (C=O) groups excluding carboxylic acids is 1. The van der Waals surface area contributed by atoms with Gasteiger partial charge in [0.25, 0.3) is 0 Å². The second kappa shape index (κ2) is 9.21. The van der Waals surface area contributed by atoms with E-state index in [4.69, 9.17) is 0 Å². The molecule has 0 aliphatic carbocycles. The molecule has 2 nitrogen and oxygen atoms in total. The SMILES string of the molecule is C=CC(=O)NCCCC.[H-].[Na+]. The Hall–Kier alpha value is 0.210. The third kappa shape index (κ3) is 8.21. The van der Waals surface area contributed by atoms with Crippen LogP contribution in [0.4, 0.5) is 0 Å². The molecule has 1 amide bonds.